The lowest BCUT2D eigenvalue weighted by molar-refractivity contribution is 0.217. The summed E-state index contributed by atoms with van der Waals surface area (Å²) in [5.41, 5.74) is 2.62. The average molecular weight is 444 g/mol. The molecule has 1 aliphatic rings. The summed E-state index contributed by atoms with van der Waals surface area (Å²) >= 11 is 0. The molecule has 0 N–H and O–H groups in total. The fraction of sp³-hybridized carbons (Fsp3) is 0.655. The molecule has 32 heavy (non-hydrogen) atoms. The van der Waals surface area contributed by atoms with Gasteiger partial charge in [0.05, 0.1) is 6.61 Å². The van der Waals surface area contributed by atoms with Crippen LogP contribution in [0.2, 0.25) is 0 Å². The van der Waals surface area contributed by atoms with Crippen LogP contribution in [0.15, 0.2) is 36.6 Å². The van der Waals surface area contributed by atoms with Gasteiger partial charge < -0.3 is 9.64 Å². The third-order valence-corrected chi connectivity index (χ3v) is 7.21. The lowest BCUT2D eigenvalue weighted by atomic mass is 9.66. The Hall–Kier alpha value is -1.77. The summed E-state index contributed by atoms with van der Waals surface area (Å²) in [4.78, 5) is 2.36. The lowest BCUT2D eigenvalue weighted by Crippen LogP contribution is -2.42. The highest BCUT2D eigenvalue weighted by atomic mass is 19.1. The molecule has 2 rings (SSSR count). The maximum absolute atomic E-state index is 15.5. The zero-order valence-corrected chi connectivity index (χ0v) is 21.3. The molecular weight excluding hydrogens is 397 g/mol. The van der Waals surface area contributed by atoms with Crippen LogP contribution in [0, 0.1) is 11.7 Å². The second-order valence-electron chi connectivity index (χ2n) is 9.55. The zero-order chi connectivity index (χ0) is 23.6. The minimum Gasteiger partial charge on any atom is -0.493 e. The summed E-state index contributed by atoms with van der Waals surface area (Å²) < 4.78 is 21.9. The van der Waals surface area contributed by atoms with Crippen LogP contribution in [0.5, 0.6) is 5.75 Å². The van der Waals surface area contributed by atoms with Gasteiger partial charge >= 0.3 is 0 Å². The number of piperidine rings is 1. The van der Waals surface area contributed by atoms with Crippen LogP contribution in [0.3, 0.4) is 0 Å². The first kappa shape index (κ1) is 26.5. The molecule has 1 unspecified atom stereocenters. The van der Waals surface area contributed by atoms with Crippen LogP contribution in [-0.4, -0.2) is 24.6 Å². The molecule has 1 aliphatic heterocycles. The first-order valence-corrected chi connectivity index (χ1v) is 12.9. The molecule has 0 aliphatic carbocycles. The summed E-state index contributed by atoms with van der Waals surface area (Å²) in [5, 5.41) is 0. The Balaban J connectivity index is 2.34. The molecule has 0 radical (unpaired) electrons. The van der Waals surface area contributed by atoms with Gasteiger partial charge in [-0.25, -0.2) is 4.39 Å². The van der Waals surface area contributed by atoms with E-state index in [-0.39, 0.29) is 11.2 Å². The number of nitrogens with zero attached hydrogens (tertiary/aromatic N) is 1. The number of likely N-dealkylation sites (tertiary alicyclic amines) is 1. The van der Waals surface area contributed by atoms with Crippen molar-refractivity contribution in [2.24, 2.45) is 5.92 Å². The van der Waals surface area contributed by atoms with E-state index in [2.05, 4.69) is 58.4 Å². The Labute approximate surface area is 196 Å². The van der Waals surface area contributed by atoms with Gasteiger partial charge in [-0.1, -0.05) is 65.2 Å². The van der Waals surface area contributed by atoms with Gasteiger partial charge in [-0.2, -0.15) is 0 Å². The number of ether oxygens (including phenoxy) is 1. The number of allylic oxidation sites excluding steroid dienone is 2. The smallest absolute Gasteiger partial charge is 0.127 e. The molecule has 3 heteroatoms. The van der Waals surface area contributed by atoms with Crippen LogP contribution < -0.4 is 4.74 Å². The maximum Gasteiger partial charge on any atom is 0.127 e. The molecule has 2 nitrogen and oxygen atoms in total. The lowest BCUT2D eigenvalue weighted by Gasteiger charge is -2.44. The predicted molar refractivity (Wildman–Crippen MR) is 136 cm³/mol. The summed E-state index contributed by atoms with van der Waals surface area (Å²) in [6.07, 6.45) is 14.0. The van der Waals surface area contributed by atoms with Gasteiger partial charge in [0.2, 0.25) is 0 Å². The summed E-state index contributed by atoms with van der Waals surface area (Å²) in [6.45, 7) is 17.8. The Bertz CT molecular complexity index is 746. The number of hydrogen-bond donors (Lipinski definition) is 0. The average Bonchev–Trinajstić information content (AvgIpc) is 2.80. The van der Waals surface area contributed by atoms with Crippen LogP contribution in [0.1, 0.15) is 97.1 Å². The number of hydrogen-bond acceptors (Lipinski definition) is 2. The molecule has 180 valence electrons. The van der Waals surface area contributed by atoms with Gasteiger partial charge in [-0.15, -0.1) is 0 Å². The van der Waals surface area contributed by atoms with Crippen molar-refractivity contribution in [3.63, 3.8) is 0 Å². The number of rotatable bonds is 13. The minimum absolute atomic E-state index is 0.106. The van der Waals surface area contributed by atoms with Crippen LogP contribution in [0.4, 0.5) is 4.39 Å². The summed E-state index contributed by atoms with van der Waals surface area (Å²) in [7, 11) is 0. The van der Waals surface area contributed by atoms with Crippen molar-refractivity contribution < 1.29 is 9.13 Å². The number of halogens is 1. The van der Waals surface area contributed by atoms with E-state index < -0.39 is 0 Å². The number of unbranched alkanes of at least 4 members (excludes halogenated alkanes) is 1. The van der Waals surface area contributed by atoms with Crippen molar-refractivity contribution in [3.05, 3.63) is 53.5 Å². The van der Waals surface area contributed by atoms with Crippen molar-refractivity contribution in [2.45, 2.75) is 97.8 Å². The van der Waals surface area contributed by atoms with Gasteiger partial charge in [0.25, 0.3) is 0 Å². The predicted octanol–water partition coefficient (Wildman–Crippen LogP) is 8.21. The minimum atomic E-state index is -0.323. The summed E-state index contributed by atoms with van der Waals surface area (Å²) in [6, 6.07) is 3.48. The molecular formula is C29H46FNO. The quantitative estimate of drug-likeness (QED) is 0.285. The molecule has 1 atom stereocenters. The SMILES string of the molecule is C=C(C)C1(c2c(F)ccc(OCC(CCC)CCCC)c2CC)CCN(/C=C\CC)CC1. The first-order valence-electron chi connectivity index (χ1n) is 12.9. The van der Waals surface area contributed by atoms with E-state index >= 15 is 4.39 Å². The topological polar surface area (TPSA) is 12.5 Å². The zero-order valence-electron chi connectivity index (χ0n) is 21.3. The Kier molecular flexibility index (Phi) is 10.8. The van der Waals surface area contributed by atoms with Crippen molar-refractivity contribution >= 4 is 0 Å². The van der Waals surface area contributed by atoms with E-state index in [1.165, 1.54) is 32.1 Å². The Morgan fingerprint density at radius 3 is 2.44 bits per heavy atom. The highest BCUT2D eigenvalue weighted by Gasteiger charge is 2.40. The fourth-order valence-electron chi connectivity index (χ4n) is 5.22. The van der Waals surface area contributed by atoms with Gasteiger partial charge in [-0.3, -0.25) is 0 Å². The third-order valence-electron chi connectivity index (χ3n) is 7.21. The van der Waals surface area contributed by atoms with Gasteiger partial charge in [-0.05, 0) is 69.7 Å². The molecule has 1 aromatic rings. The van der Waals surface area contributed by atoms with Crippen LogP contribution in [0.25, 0.3) is 0 Å². The second kappa shape index (κ2) is 13.1. The van der Waals surface area contributed by atoms with E-state index in [0.29, 0.717) is 5.92 Å². The summed E-state index contributed by atoms with van der Waals surface area (Å²) in [5.74, 6) is 1.34. The Morgan fingerprint density at radius 1 is 1.16 bits per heavy atom. The molecule has 1 aromatic carbocycles. The molecule has 0 aromatic heterocycles. The van der Waals surface area contributed by atoms with Crippen LogP contribution in [-0.2, 0) is 11.8 Å². The van der Waals surface area contributed by atoms with E-state index in [4.69, 9.17) is 4.74 Å². The van der Waals surface area contributed by atoms with Gasteiger partial charge in [0, 0.05) is 29.6 Å². The van der Waals surface area contributed by atoms with Crippen molar-refractivity contribution in [1.29, 1.82) is 0 Å². The van der Waals surface area contributed by atoms with E-state index in [1.807, 2.05) is 6.07 Å². The normalized spacial score (nSPS) is 17.0. The van der Waals surface area contributed by atoms with Crippen LogP contribution >= 0.6 is 0 Å². The van der Waals surface area contributed by atoms with Crippen molar-refractivity contribution in [2.75, 3.05) is 19.7 Å². The third kappa shape index (κ3) is 6.39. The molecule has 1 saturated heterocycles. The largest absolute Gasteiger partial charge is 0.493 e. The van der Waals surface area contributed by atoms with E-state index in [1.54, 1.807) is 6.07 Å². The Morgan fingerprint density at radius 2 is 1.88 bits per heavy atom. The second-order valence-corrected chi connectivity index (χ2v) is 9.55. The molecule has 0 bridgehead atoms. The molecule has 1 fully saturated rings. The van der Waals surface area contributed by atoms with Crippen molar-refractivity contribution in [3.8, 4) is 5.75 Å². The highest BCUT2D eigenvalue weighted by Crippen LogP contribution is 2.46. The maximum atomic E-state index is 15.5. The number of benzene rings is 1. The van der Waals surface area contributed by atoms with E-state index in [0.717, 1.165) is 67.8 Å². The first-order chi connectivity index (χ1) is 15.4. The van der Waals surface area contributed by atoms with Gasteiger partial charge in [0.15, 0.2) is 0 Å². The highest BCUT2D eigenvalue weighted by molar-refractivity contribution is 5.49. The van der Waals surface area contributed by atoms with Crippen molar-refractivity contribution in [1.82, 2.24) is 4.90 Å². The molecule has 1 heterocycles. The van der Waals surface area contributed by atoms with E-state index in [9.17, 15) is 0 Å². The monoisotopic (exact) mass is 443 g/mol. The standard InChI is InChI=1S/C29H46FNO/c1-7-11-14-24(13-9-3)22-32-27-16-15-26(30)28(25(27)10-4)29(23(5)6)17-20-31(21-18-29)19-12-8-2/h12,15-16,19,24H,5,7-11,13-14,17-18,20-22H2,1-4,6H3/b19-12-. The molecule has 0 amide bonds. The molecule has 0 spiro atoms. The molecule has 0 saturated carbocycles. The fourth-order valence-corrected chi connectivity index (χ4v) is 5.22. The van der Waals surface area contributed by atoms with Gasteiger partial charge in [0.1, 0.15) is 11.6 Å².